The van der Waals surface area contributed by atoms with Crippen LogP contribution in [0.4, 0.5) is 0 Å². The van der Waals surface area contributed by atoms with Gasteiger partial charge in [-0.15, -0.1) is 0 Å². The molecule has 0 amide bonds. The Balaban J connectivity index is 4.26. The summed E-state index contributed by atoms with van der Waals surface area (Å²) in [7, 11) is 0. The average molecular weight is 299 g/mol. The minimum absolute atomic E-state index is 0.167. The van der Waals surface area contributed by atoms with Crippen LogP contribution in [0.15, 0.2) is 0 Å². The van der Waals surface area contributed by atoms with Crippen molar-refractivity contribution in [1.82, 2.24) is 0 Å². The van der Waals surface area contributed by atoms with Crippen molar-refractivity contribution in [2.45, 2.75) is 87.0 Å². The van der Waals surface area contributed by atoms with Crippen LogP contribution < -0.4 is 0 Å². The Labute approximate surface area is 132 Å². The fourth-order valence-electron chi connectivity index (χ4n) is 3.31. The molecule has 0 radical (unpaired) electrons. The maximum atomic E-state index is 11.5. The summed E-state index contributed by atoms with van der Waals surface area (Å²) in [6.45, 7) is 15.6. The molecule has 0 saturated carbocycles. The molecule has 2 nitrogen and oxygen atoms in total. The molecule has 0 heterocycles. The van der Waals surface area contributed by atoms with Crippen molar-refractivity contribution in [3.63, 3.8) is 0 Å². The van der Waals surface area contributed by atoms with Gasteiger partial charge < -0.3 is 5.11 Å². The quantitative estimate of drug-likeness (QED) is 0.537. The molecule has 3 unspecified atom stereocenters. The zero-order chi connectivity index (χ0) is 16.6. The lowest BCUT2D eigenvalue weighted by molar-refractivity contribution is -0.144. The van der Waals surface area contributed by atoms with Gasteiger partial charge in [0, 0.05) is 0 Å². The molecule has 3 atom stereocenters. The fraction of sp³-hybridized carbons (Fsp3) is 0.947. The second-order valence-electron chi connectivity index (χ2n) is 8.69. The summed E-state index contributed by atoms with van der Waals surface area (Å²) >= 11 is 0. The standard InChI is InChI=1S/C19H38O2/c1-14(2)9-8-10-16(4)17(18(20)21)12-11-15(3)13-19(5,6)7/h14-17H,8-13H2,1-7H3,(H,20,21). The van der Waals surface area contributed by atoms with Gasteiger partial charge in [-0.2, -0.15) is 0 Å². The summed E-state index contributed by atoms with van der Waals surface area (Å²) in [5, 5.41) is 9.50. The normalized spacial score (nSPS) is 16.8. The lowest BCUT2D eigenvalue weighted by Gasteiger charge is -2.26. The van der Waals surface area contributed by atoms with E-state index >= 15 is 0 Å². The number of rotatable bonds is 10. The van der Waals surface area contributed by atoms with Gasteiger partial charge in [0.05, 0.1) is 5.92 Å². The first-order valence-corrected chi connectivity index (χ1v) is 8.75. The Morgan fingerprint density at radius 1 is 0.952 bits per heavy atom. The molecule has 0 saturated heterocycles. The molecule has 0 fully saturated rings. The molecule has 0 rings (SSSR count). The average Bonchev–Trinajstić information content (AvgIpc) is 2.25. The van der Waals surface area contributed by atoms with Crippen molar-refractivity contribution in [2.24, 2.45) is 29.1 Å². The van der Waals surface area contributed by atoms with Crippen LogP contribution in [0.2, 0.25) is 0 Å². The minimum Gasteiger partial charge on any atom is -0.481 e. The van der Waals surface area contributed by atoms with E-state index < -0.39 is 5.97 Å². The Hall–Kier alpha value is -0.530. The predicted octanol–water partition coefficient (Wildman–Crippen LogP) is 6.00. The predicted molar refractivity (Wildman–Crippen MR) is 91.4 cm³/mol. The van der Waals surface area contributed by atoms with Crippen molar-refractivity contribution in [2.75, 3.05) is 0 Å². The van der Waals surface area contributed by atoms with Gasteiger partial charge in [-0.25, -0.2) is 0 Å². The maximum Gasteiger partial charge on any atom is 0.306 e. The summed E-state index contributed by atoms with van der Waals surface area (Å²) in [5.74, 6) is 0.847. The molecule has 0 aliphatic heterocycles. The molecule has 2 heteroatoms. The SMILES string of the molecule is CC(C)CCCC(C)C(CCC(C)CC(C)(C)C)C(=O)O. The zero-order valence-electron chi connectivity index (χ0n) is 15.4. The van der Waals surface area contributed by atoms with E-state index in [9.17, 15) is 9.90 Å². The first kappa shape index (κ1) is 20.5. The number of carbonyl (C=O) groups is 1. The van der Waals surface area contributed by atoms with Crippen LogP contribution >= 0.6 is 0 Å². The van der Waals surface area contributed by atoms with Crippen LogP contribution in [0.1, 0.15) is 87.0 Å². The molecule has 0 spiro atoms. The van der Waals surface area contributed by atoms with Gasteiger partial charge in [0.2, 0.25) is 0 Å². The number of carboxylic acid groups (broad SMARTS) is 1. The van der Waals surface area contributed by atoms with E-state index in [1.807, 2.05) is 0 Å². The van der Waals surface area contributed by atoms with Gasteiger partial charge >= 0.3 is 5.97 Å². The molecule has 1 N–H and O–H groups in total. The number of hydrogen-bond acceptors (Lipinski definition) is 1. The summed E-state index contributed by atoms with van der Waals surface area (Å²) in [6, 6.07) is 0. The first-order valence-electron chi connectivity index (χ1n) is 8.75. The largest absolute Gasteiger partial charge is 0.481 e. The number of aliphatic carboxylic acids is 1. The molecule has 0 aromatic heterocycles. The molecule has 21 heavy (non-hydrogen) atoms. The van der Waals surface area contributed by atoms with E-state index in [0.29, 0.717) is 23.2 Å². The minimum atomic E-state index is -0.602. The third-order valence-corrected chi connectivity index (χ3v) is 4.38. The van der Waals surface area contributed by atoms with Gasteiger partial charge in [-0.3, -0.25) is 4.79 Å². The number of hydrogen-bond donors (Lipinski definition) is 1. The highest BCUT2D eigenvalue weighted by Crippen LogP contribution is 2.30. The highest BCUT2D eigenvalue weighted by molar-refractivity contribution is 5.70. The lowest BCUT2D eigenvalue weighted by Crippen LogP contribution is -2.23. The summed E-state index contributed by atoms with van der Waals surface area (Å²) in [5.41, 5.74) is 0.334. The van der Waals surface area contributed by atoms with Crippen LogP contribution in [0.3, 0.4) is 0 Å². The second kappa shape index (κ2) is 9.48. The number of carboxylic acids is 1. The van der Waals surface area contributed by atoms with E-state index in [4.69, 9.17) is 0 Å². The van der Waals surface area contributed by atoms with Crippen molar-refractivity contribution < 1.29 is 9.90 Å². The molecular formula is C19H38O2. The van der Waals surface area contributed by atoms with Crippen molar-refractivity contribution >= 4 is 5.97 Å². The van der Waals surface area contributed by atoms with E-state index in [2.05, 4.69) is 48.5 Å². The topological polar surface area (TPSA) is 37.3 Å². The van der Waals surface area contributed by atoms with Gasteiger partial charge in [0.25, 0.3) is 0 Å². The molecule has 0 bridgehead atoms. The third kappa shape index (κ3) is 10.8. The Morgan fingerprint density at radius 2 is 1.52 bits per heavy atom. The van der Waals surface area contributed by atoms with Gasteiger partial charge in [0.15, 0.2) is 0 Å². The van der Waals surface area contributed by atoms with Crippen LogP contribution in [-0.4, -0.2) is 11.1 Å². The van der Waals surface area contributed by atoms with E-state index in [-0.39, 0.29) is 5.92 Å². The van der Waals surface area contributed by atoms with E-state index in [1.54, 1.807) is 0 Å². The molecule has 0 aromatic rings. The van der Waals surface area contributed by atoms with E-state index in [0.717, 1.165) is 25.7 Å². The van der Waals surface area contributed by atoms with Gasteiger partial charge in [0.1, 0.15) is 0 Å². The third-order valence-electron chi connectivity index (χ3n) is 4.38. The Morgan fingerprint density at radius 3 is 1.95 bits per heavy atom. The van der Waals surface area contributed by atoms with Crippen molar-refractivity contribution in [3.05, 3.63) is 0 Å². The lowest BCUT2D eigenvalue weighted by atomic mass is 9.80. The maximum absolute atomic E-state index is 11.5. The van der Waals surface area contributed by atoms with Crippen LogP contribution in [-0.2, 0) is 4.79 Å². The van der Waals surface area contributed by atoms with Crippen molar-refractivity contribution in [1.29, 1.82) is 0 Å². The summed E-state index contributed by atoms with van der Waals surface area (Å²) in [4.78, 5) is 11.5. The molecule has 0 aliphatic carbocycles. The molecule has 126 valence electrons. The van der Waals surface area contributed by atoms with Crippen LogP contribution in [0, 0.1) is 29.1 Å². The Bertz CT molecular complexity index is 288. The van der Waals surface area contributed by atoms with Crippen LogP contribution in [0.25, 0.3) is 0 Å². The molecular weight excluding hydrogens is 260 g/mol. The Kier molecular flexibility index (Phi) is 9.24. The van der Waals surface area contributed by atoms with Gasteiger partial charge in [-0.1, -0.05) is 61.3 Å². The molecule has 0 aromatic carbocycles. The summed E-state index contributed by atoms with van der Waals surface area (Å²) < 4.78 is 0. The second-order valence-corrected chi connectivity index (χ2v) is 8.69. The highest BCUT2D eigenvalue weighted by Gasteiger charge is 2.25. The fourth-order valence-corrected chi connectivity index (χ4v) is 3.31. The van der Waals surface area contributed by atoms with E-state index in [1.165, 1.54) is 12.8 Å². The molecule has 0 aliphatic rings. The summed E-state index contributed by atoms with van der Waals surface area (Å²) in [6.07, 6.45) is 6.43. The van der Waals surface area contributed by atoms with Crippen LogP contribution in [0.5, 0.6) is 0 Å². The first-order chi connectivity index (χ1) is 9.53. The smallest absolute Gasteiger partial charge is 0.306 e. The monoisotopic (exact) mass is 298 g/mol. The zero-order valence-corrected chi connectivity index (χ0v) is 15.4. The van der Waals surface area contributed by atoms with Crippen molar-refractivity contribution in [3.8, 4) is 0 Å². The van der Waals surface area contributed by atoms with Gasteiger partial charge in [-0.05, 0) is 48.9 Å². The highest BCUT2D eigenvalue weighted by atomic mass is 16.4.